The van der Waals surface area contributed by atoms with Crippen LogP contribution < -0.4 is 5.32 Å². The van der Waals surface area contributed by atoms with Crippen LogP contribution in [0, 0.1) is 0 Å². The minimum atomic E-state index is -4.34. The Labute approximate surface area is 154 Å². The minimum absolute atomic E-state index is 0.206. The molecular formula is C21H16F3NO2. The molecule has 3 rings (SSSR count). The Bertz CT molecular complexity index is 933. The maximum atomic E-state index is 12.6. The summed E-state index contributed by atoms with van der Waals surface area (Å²) in [7, 11) is 0. The maximum absolute atomic E-state index is 12.6. The number of hydrogen-bond acceptors (Lipinski definition) is 2. The largest absolute Gasteiger partial charge is 0.478 e. The number of nitrogens with one attached hydrogen (secondary N) is 1. The summed E-state index contributed by atoms with van der Waals surface area (Å²) < 4.78 is 37.9. The number of anilines is 1. The van der Waals surface area contributed by atoms with Gasteiger partial charge in [-0.25, -0.2) is 4.79 Å². The molecule has 0 aliphatic heterocycles. The summed E-state index contributed by atoms with van der Waals surface area (Å²) in [6.45, 7) is 0.496. The SMILES string of the molecule is O=C(O)c1cccc(NCc2ccc(-c3ccc(C(F)(F)F)cc3)cc2)c1. The van der Waals surface area contributed by atoms with Gasteiger partial charge in [0.25, 0.3) is 0 Å². The van der Waals surface area contributed by atoms with Gasteiger partial charge < -0.3 is 10.4 Å². The van der Waals surface area contributed by atoms with Crippen molar-refractivity contribution >= 4 is 11.7 Å². The monoisotopic (exact) mass is 371 g/mol. The fourth-order valence-corrected chi connectivity index (χ4v) is 2.63. The van der Waals surface area contributed by atoms with E-state index in [1.807, 2.05) is 24.3 Å². The lowest BCUT2D eigenvalue weighted by Crippen LogP contribution is -2.04. The third-order valence-corrected chi connectivity index (χ3v) is 4.11. The van der Waals surface area contributed by atoms with E-state index in [4.69, 9.17) is 5.11 Å². The zero-order chi connectivity index (χ0) is 19.4. The van der Waals surface area contributed by atoms with E-state index in [0.717, 1.165) is 23.3 Å². The standard InChI is InChI=1S/C21H16F3NO2/c22-21(23,24)18-10-8-16(9-11-18)15-6-4-14(5-7-15)13-25-19-3-1-2-17(12-19)20(26)27/h1-12,25H,13H2,(H,26,27). The number of carbonyl (C=O) groups is 1. The van der Waals surface area contributed by atoms with Gasteiger partial charge in [-0.05, 0) is 47.0 Å². The molecule has 0 spiro atoms. The number of hydrogen-bond donors (Lipinski definition) is 2. The second-order valence-corrected chi connectivity index (χ2v) is 6.01. The molecule has 3 nitrogen and oxygen atoms in total. The predicted molar refractivity (Wildman–Crippen MR) is 97.6 cm³/mol. The molecule has 0 amide bonds. The lowest BCUT2D eigenvalue weighted by Gasteiger charge is -2.10. The quantitative estimate of drug-likeness (QED) is 0.606. The Balaban J connectivity index is 1.67. The first-order chi connectivity index (χ1) is 12.8. The average molecular weight is 371 g/mol. The first-order valence-corrected chi connectivity index (χ1v) is 8.17. The highest BCUT2D eigenvalue weighted by atomic mass is 19.4. The van der Waals surface area contributed by atoms with Gasteiger partial charge in [0.15, 0.2) is 0 Å². The first-order valence-electron chi connectivity index (χ1n) is 8.17. The second kappa shape index (κ2) is 7.53. The van der Waals surface area contributed by atoms with Crippen LogP contribution in [-0.4, -0.2) is 11.1 Å². The van der Waals surface area contributed by atoms with E-state index in [1.54, 1.807) is 18.2 Å². The fourth-order valence-electron chi connectivity index (χ4n) is 2.63. The summed E-state index contributed by atoms with van der Waals surface area (Å²) in [6.07, 6.45) is -4.34. The van der Waals surface area contributed by atoms with Gasteiger partial charge in [-0.3, -0.25) is 0 Å². The number of aromatic carboxylic acids is 1. The van der Waals surface area contributed by atoms with Gasteiger partial charge in [0, 0.05) is 12.2 Å². The zero-order valence-electron chi connectivity index (χ0n) is 14.1. The smallest absolute Gasteiger partial charge is 0.416 e. The molecule has 27 heavy (non-hydrogen) atoms. The number of rotatable bonds is 5. The van der Waals surface area contributed by atoms with Crippen molar-refractivity contribution in [3.05, 3.63) is 89.5 Å². The fraction of sp³-hybridized carbons (Fsp3) is 0.0952. The minimum Gasteiger partial charge on any atom is -0.478 e. The number of carboxylic acid groups (broad SMARTS) is 1. The molecular weight excluding hydrogens is 355 g/mol. The maximum Gasteiger partial charge on any atom is 0.416 e. The molecule has 138 valence electrons. The van der Waals surface area contributed by atoms with Crippen LogP contribution in [0.1, 0.15) is 21.5 Å². The van der Waals surface area contributed by atoms with E-state index in [1.165, 1.54) is 18.2 Å². The van der Waals surface area contributed by atoms with Crippen molar-refractivity contribution in [2.24, 2.45) is 0 Å². The van der Waals surface area contributed by atoms with E-state index in [0.29, 0.717) is 17.8 Å². The topological polar surface area (TPSA) is 49.3 Å². The Morgan fingerprint density at radius 1 is 0.889 bits per heavy atom. The van der Waals surface area contributed by atoms with Crippen molar-refractivity contribution in [3.63, 3.8) is 0 Å². The van der Waals surface area contributed by atoms with Crippen LogP contribution in [-0.2, 0) is 12.7 Å². The van der Waals surface area contributed by atoms with Gasteiger partial charge in [0.05, 0.1) is 11.1 Å². The summed E-state index contributed by atoms with van der Waals surface area (Å²) >= 11 is 0. The molecule has 0 saturated carbocycles. The molecule has 0 atom stereocenters. The van der Waals surface area contributed by atoms with E-state index < -0.39 is 17.7 Å². The third kappa shape index (κ3) is 4.67. The van der Waals surface area contributed by atoms with Crippen molar-refractivity contribution in [3.8, 4) is 11.1 Å². The van der Waals surface area contributed by atoms with Crippen LogP contribution in [0.3, 0.4) is 0 Å². The Hall–Kier alpha value is -3.28. The Kier molecular flexibility index (Phi) is 5.16. The molecule has 0 unspecified atom stereocenters. The van der Waals surface area contributed by atoms with Gasteiger partial charge in [-0.15, -0.1) is 0 Å². The van der Waals surface area contributed by atoms with Crippen LogP contribution in [0.4, 0.5) is 18.9 Å². The molecule has 0 aliphatic rings. The summed E-state index contributed by atoms with van der Waals surface area (Å²) in [6, 6.07) is 19.0. The molecule has 6 heteroatoms. The van der Waals surface area contributed by atoms with E-state index in [2.05, 4.69) is 5.32 Å². The highest BCUT2D eigenvalue weighted by molar-refractivity contribution is 5.88. The van der Waals surface area contributed by atoms with Gasteiger partial charge in [-0.2, -0.15) is 13.2 Å². The first kappa shape index (κ1) is 18.5. The summed E-state index contributed by atoms with van der Waals surface area (Å²) in [4.78, 5) is 11.0. The summed E-state index contributed by atoms with van der Waals surface area (Å²) in [5, 5.41) is 12.2. The lowest BCUT2D eigenvalue weighted by atomic mass is 10.0. The van der Waals surface area contributed by atoms with Crippen LogP contribution in [0.2, 0.25) is 0 Å². The molecule has 0 aromatic heterocycles. The number of benzene rings is 3. The second-order valence-electron chi connectivity index (χ2n) is 6.01. The normalized spacial score (nSPS) is 11.2. The molecule has 2 N–H and O–H groups in total. The van der Waals surface area contributed by atoms with Crippen LogP contribution in [0.25, 0.3) is 11.1 Å². The number of alkyl halides is 3. The molecule has 0 fully saturated rings. The molecule has 0 aliphatic carbocycles. The van der Waals surface area contributed by atoms with Crippen molar-refractivity contribution in [1.82, 2.24) is 0 Å². The van der Waals surface area contributed by atoms with E-state index >= 15 is 0 Å². The highest BCUT2D eigenvalue weighted by Crippen LogP contribution is 2.31. The Morgan fingerprint density at radius 3 is 2.04 bits per heavy atom. The van der Waals surface area contributed by atoms with Gasteiger partial charge in [-0.1, -0.05) is 42.5 Å². The molecule has 0 saturated heterocycles. The molecule has 3 aromatic carbocycles. The third-order valence-electron chi connectivity index (χ3n) is 4.11. The van der Waals surface area contributed by atoms with Crippen molar-refractivity contribution in [2.75, 3.05) is 5.32 Å². The van der Waals surface area contributed by atoms with Crippen LogP contribution >= 0.6 is 0 Å². The van der Waals surface area contributed by atoms with Crippen molar-refractivity contribution < 1.29 is 23.1 Å². The number of carboxylic acids is 1. The van der Waals surface area contributed by atoms with Crippen molar-refractivity contribution in [2.45, 2.75) is 12.7 Å². The molecule has 3 aromatic rings. The summed E-state index contributed by atoms with van der Waals surface area (Å²) in [5.41, 5.74) is 2.72. The summed E-state index contributed by atoms with van der Waals surface area (Å²) in [5.74, 6) is -0.987. The van der Waals surface area contributed by atoms with E-state index in [9.17, 15) is 18.0 Å². The highest BCUT2D eigenvalue weighted by Gasteiger charge is 2.29. The van der Waals surface area contributed by atoms with Crippen LogP contribution in [0.15, 0.2) is 72.8 Å². The molecule has 0 heterocycles. The van der Waals surface area contributed by atoms with Gasteiger partial charge in [0.2, 0.25) is 0 Å². The Morgan fingerprint density at radius 2 is 1.48 bits per heavy atom. The molecule has 0 radical (unpaired) electrons. The lowest BCUT2D eigenvalue weighted by molar-refractivity contribution is -0.137. The van der Waals surface area contributed by atoms with Gasteiger partial charge in [0.1, 0.15) is 0 Å². The number of halogens is 3. The average Bonchev–Trinajstić information content (AvgIpc) is 2.66. The van der Waals surface area contributed by atoms with Gasteiger partial charge >= 0.3 is 12.1 Å². The van der Waals surface area contributed by atoms with E-state index in [-0.39, 0.29) is 5.56 Å². The van der Waals surface area contributed by atoms with Crippen molar-refractivity contribution in [1.29, 1.82) is 0 Å². The van der Waals surface area contributed by atoms with Crippen LogP contribution in [0.5, 0.6) is 0 Å². The predicted octanol–water partition coefficient (Wildman–Crippen LogP) is 5.68. The molecule has 0 bridgehead atoms. The zero-order valence-corrected chi connectivity index (χ0v) is 14.1.